The molecule has 1 aliphatic carbocycles. The minimum absolute atomic E-state index is 0.713. The highest BCUT2D eigenvalue weighted by molar-refractivity contribution is 5.40. The van der Waals surface area contributed by atoms with Gasteiger partial charge in [-0.1, -0.05) is 24.3 Å². The Morgan fingerprint density at radius 1 is 1.39 bits per heavy atom. The number of rotatable bonds is 5. The van der Waals surface area contributed by atoms with Gasteiger partial charge in [0.05, 0.1) is 0 Å². The molecule has 0 bridgehead atoms. The molecule has 1 heterocycles. The number of fused-ring (bicyclic) bond motifs is 1. The van der Waals surface area contributed by atoms with E-state index in [1.807, 2.05) is 19.3 Å². The minimum Gasteiger partial charge on any atom is -0.334 e. The smallest absolute Gasteiger partial charge is 0.105 e. The van der Waals surface area contributed by atoms with Crippen molar-refractivity contribution in [1.29, 1.82) is 0 Å². The molecular formula is C15H19N3. The van der Waals surface area contributed by atoms with Crippen molar-refractivity contribution < 1.29 is 0 Å². The molecule has 3 heteroatoms. The van der Waals surface area contributed by atoms with Gasteiger partial charge in [-0.3, -0.25) is 0 Å². The molecule has 0 fully saturated rings. The Bertz CT molecular complexity index is 530. The first-order valence-electron chi connectivity index (χ1n) is 6.61. The summed E-state index contributed by atoms with van der Waals surface area (Å²) in [7, 11) is 0. The van der Waals surface area contributed by atoms with Crippen molar-refractivity contribution in [3.63, 3.8) is 0 Å². The normalized spacial score (nSPS) is 17.3. The van der Waals surface area contributed by atoms with Crippen LogP contribution in [0.1, 0.15) is 22.9 Å². The summed E-state index contributed by atoms with van der Waals surface area (Å²) in [6.45, 7) is 5.14. The summed E-state index contributed by atoms with van der Waals surface area (Å²) in [5.74, 6) is 1.80. The molecule has 1 aromatic carbocycles. The maximum atomic E-state index is 4.22. The maximum absolute atomic E-state index is 4.22. The zero-order valence-corrected chi connectivity index (χ0v) is 10.8. The lowest BCUT2D eigenvalue weighted by molar-refractivity contribution is 0.512. The Hall–Kier alpha value is -1.61. The fraction of sp³-hybridized carbons (Fsp3) is 0.400. The number of benzene rings is 1. The van der Waals surface area contributed by atoms with Crippen molar-refractivity contribution in [2.45, 2.75) is 25.8 Å². The summed E-state index contributed by atoms with van der Waals surface area (Å²) in [6, 6.07) is 8.76. The van der Waals surface area contributed by atoms with Crippen LogP contribution >= 0.6 is 0 Å². The summed E-state index contributed by atoms with van der Waals surface area (Å²) < 4.78 is 2.18. The highest BCUT2D eigenvalue weighted by Crippen LogP contribution is 2.33. The Balaban J connectivity index is 1.43. The van der Waals surface area contributed by atoms with Gasteiger partial charge in [0.25, 0.3) is 0 Å². The van der Waals surface area contributed by atoms with Gasteiger partial charge in [0.2, 0.25) is 0 Å². The van der Waals surface area contributed by atoms with Crippen LogP contribution in [0.3, 0.4) is 0 Å². The molecule has 3 nitrogen and oxygen atoms in total. The third kappa shape index (κ3) is 2.18. The maximum Gasteiger partial charge on any atom is 0.105 e. The van der Waals surface area contributed by atoms with Gasteiger partial charge in [0, 0.05) is 37.9 Å². The molecule has 0 radical (unpaired) electrons. The largest absolute Gasteiger partial charge is 0.334 e. The Morgan fingerprint density at radius 3 is 3.06 bits per heavy atom. The molecule has 1 aromatic heterocycles. The van der Waals surface area contributed by atoms with Gasteiger partial charge in [-0.05, 0) is 24.5 Å². The average molecular weight is 241 g/mol. The average Bonchev–Trinajstić information content (AvgIpc) is 2.75. The van der Waals surface area contributed by atoms with E-state index in [9.17, 15) is 0 Å². The van der Waals surface area contributed by atoms with Gasteiger partial charge in [-0.25, -0.2) is 4.98 Å². The molecule has 1 N–H and O–H groups in total. The van der Waals surface area contributed by atoms with E-state index in [1.54, 1.807) is 0 Å². The van der Waals surface area contributed by atoms with E-state index in [0.29, 0.717) is 5.92 Å². The first kappa shape index (κ1) is 11.5. The van der Waals surface area contributed by atoms with E-state index in [4.69, 9.17) is 0 Å². The number of nitrogens with zero attached hydrogens (tertiary/aromatic N) is 2. The van der Waals surface area contributed by atoms with E-state index in [0.717, 1.165) is 25.5 Å². The number of nitrogens with one attached hydrogen (secondary N) is 1. The third-order valence-corrected chi connectivity index (χ3v) is 3.81. The monoisotopic (exact) mass is 241 g/mol. The van der Waals surface area contributed by atoms with Crippen LogP contribution in [0.15, 0.2) is 36.7 Å². The number of hydrogen-bond donors (Lipinski definition) is 1. The molecule has 0 aliphatic heterocycles. The summed E-state index contributed by atoms with van der Waals surface area (Å²) in [5, 5.41) is 3.55. The van der Waals surface area contributed by atoms with Gasteiger partial charge >= 0.3 is 0 Å². The summed E-state index contributed by atoms with van der Waals surface area (Å²) in [4.78, 5) is 4.22. The molecule has 0 saturated heterocycles. The van der Waals surface area contributed by atoms with Crippen molar-refractivity contribution in [3.05, 3.63) is 53.6 Å². The summed E-state index contributed by atoms with van der Waals surface area (Å²) in [6.07, 6.45) is 5.13. The molecule has 1 unspecified atom stereocenters. The van der Waals surface area contributed by atoms with Gasteiger partial charge in [-0.2, -0.15) is 0 Å². The zero-order chi connectivity index (χ0) is 12.4. The molecule has 18 heavy (non-hydrogen) atoms. The molecule has 0 amide bonds. The Morgan fingerprint density at radius 2 is 2.28 bits per heavy atom. The fourth-order valence-corrected chi connectivity index (χ4v) is 2.66. The van der Waals surface area contributed by atoms with Crippen molar-refractivity contribution in [1.82, 2.24) is 14.9 Å². The van der Waals surface area contributed by atoms with Crippen molar-refractivity contribution >= 4 is 0 Å². The van der Waals surface area contributed by atoms with Crippen molar-refractivity contribution in [2.75, 3.05) is 13.1 Å². The van der Waals surface area contributed by atoms with E-state index < -0.39 is 0 Å². The SMILES string of the molecule is Cc1nccn1CCNCC1Cc2ccccc21. The highest BCUT2D eigenvalue weighted by atomic mass is 15.1. The molecule has 2 aromatic rings. The van der Waals surface area contributed by atoms with Crippen molar-refractivity contribution in [2.24, 2.45) is 0 Å². The van der Waals surface area contributed by atoms with E-state index in [-0.39, 0.29) is 0 Å². The number of aryl methyl sites for hydroxylation is 1. The summed E-state index contributed by atoms with van der Waals surface area (Å²) >= 11 is 0. The van der Waals surface area contributed by atoms with Crippen LogP contribution in [0.2, 0.25) is 0 Å². The second-order valence-corrected chi connectivity index (χ2v) is 4.97. The van der Waals surface area contributed by atoms with Gasteiger partial charge in [-0.15, -0.1) is 0 Å². The van der Waals surface area contributed by atoms with Crippen LogP contribution < -0.4 is 5.32 Å². The Labute approximate surface area is 108 Å². The molecule has 94 valence electrons. The zero-order valence-electron chi connectivity index (χ0n) is 10.8. The first-order valence-corrected chi connectivity index (χ1v) is 6.61. The van der Waals surface area contributed by atoms with Crippen LogP contribution in [0, 0.1) is 6.92 Å². The molecule has 1 atom stereocenters. The van der Waals surface area contributed by atoms with Crippen LogP contribution in [-0.4, -0.2) is 22.6 Å². The van der Waals surface area contributed by atoms with Crippen LogP contribution in [0.4, 0.5) is 0 Å². The highest BCUT2D eigenvalue weighted by Gasteiger charge is 2.24. The Kier molecular flexibility index (Phi) is 3.15. The number of hydrogen-bond acceptors (Lipinski definition) is 2. The molecule has 1 aliphatic rings. The number of aromatic nitrogens is 2. The second-order valence-electron chi connectivity index (χ2n) is 4.97. The lowest BCUT2D eigenvalue weighted by atomic mass is 9.78. The fourth-order valence-electron chi connectivity index (χ4n) is 2.66. The lowest BCUT2D eigenvalue weighted by Crippen LogP contribution is -2.31. The molecule has 3 rings (SSSR count). The minimum atomic E-state index is 0.713. The van der Waals surface area contributed by atoms with E-state index in [1.165, 1.54) is 17.5 Å². The van der Waals surface area contributed by atoms with Crippen LogP contribution in [0.25, 0.3) is 0 Å². The molecule has 0 saturated carbocycles. The molecular weight excluding hydrogens is 222 g/mol. The quantitative estimate of drug-likeness (QED) is 0.813. The van der Waals surface area contributed by atoms with Gasteiger partial charge in [0.15, 0.2) is 0 Å². The van der Waals surface area contributed by atoms with Crippen LogP contribution in [-0.2, 0) is 13.0 Å². The lowest BCUT2D eigenvalue weighted by Gasteiger charge is -2.30. The second kappa shape index (κ2) is 4.94. The molecule has 0 spiro atoms. The predicted octanol–water partition coefficient (Wildman–Crippen LogP) is 2.12. The van der Waals surface area contributed by atoms with E-state index >= 15 is 0 Å². The van der Waals surface area contributed by atoms with E-state index in [2.05, 4.69) is 39.1 Å². The topological polar surface area (TPSA) is 29.9 Å². The third-order valence-electron chi connectivity index (χ3n) is 3.81. The predicted molar refractivity (Wildman–Crippen MR) is 72.7 cm³/mol. The standard InChI is InChI=1S/C15H19N3/c1-12-17-7-9-18(12)8-6-16-11-14-10-13-4-2-3-5-15(13)14/h2-5,7,9,14,16H,6,8,10-11H2,1H3. The first-order chi connectivity index (χ1) is 8.84. The van der Waals surface area contributed by atoms with Gasteiger partial charge in [0.1, 0.15) is 5.82 Å². The summed E-state index contributed by atoms with van der Waals surface area (Å²) in [5.41, 5.74) is 3.05. The number of imidazole rings is 1. The van der Waals surface area contributed by atoms with Crippen LogP contribution in [0.5, 0.6) is 0 Å². The van der Waals surface area contributed by atoms with Gasteiger partial charge < -0.3 is 9.88 Å². The van der Waals surface area contributed by atoms with Crippen molar-refractivity contribution in [3.8, 4) is 0 Å².